The van der Waals surface area contributed by atoms with E-state index < -0.39 is 40.8 Å². The molecule has 0 unspecified atom stereocenters. The Morgan fingerprint density at radius 3 is 2.47 bits per heavy atom. The lowest BCUT2D eigenvalue weighted by Gasteiger charge is -2.22. The summed E-state index contributed by atoms with van der Waals surface area (Å²) in [7, 11) is 0. The number of carboxylic acids is 1. The summed E-state index contributed by atoms with van der Waals surface area (Å²) in [5.74, 6) is -3.34. The van der Waals surface area contributed by atoms with Crippen molar-refractivity contribution in [2.45, 2.75) is 26.1 Å². The third kappa shape index (κ3) is 4.24. The van der Waals surface area contributed by atoms with Crippen molar-refractivity contribution in [1.82, 2.24) is 4.57 Å². The molecule has 0 fully saturated rings. The van der Waals surface area contributed by atoms with Gasteiger partial charge in [0.1, 0.15) is 17.2 Å². The standard InChI is InChI=1S/C21H20ClF2N3O5/c1-21(2,32)8-26-17-13(24)4-10-18(16(17)22)27(6-11(19(10)29)20(30)31)15-5-14(25)12(23)3-9(15)7-28/h3-6,26,28,32H,7-8,25H2,1-2H3,(H,30,31). The van der Waals surface area contributed by atoms with Crippen LogP contribution in [0.25, 0.3) is 16.6 Å². The Hall–Kier alpha value is -3.21. The Balaban J connectivity index is 2.47. The van der Waals surface area contributed by atoms with E-state index in [2.05, 4.69) is 5.32 Å². The van der Waals surface area contributed by atoms with E-state index in [1.165, 1.54) is 13.8 Å². The Morgan fingerprint density at radius 2 is 1.91 bits per heavy atom. The molecule has 1 heterocycles. The van der Waals surface area contributed by atoms with Crippen LogP contribution in [-0.2, 0) is 6.61 Å². The van der Waals surface area contributed by atoms with Gasteiger partial charge in [0, 0.05) is 18.3 Å². The van der Waals surface area contributed by atoms with Crippen LogP contribution >= 0.6 is 11.6 Å². The summed E-state index contributed by atoms with van der Waals surface area (Å²) >= 11 is 6.44. The van der Waals surface area contributed by atoms with Crippen LogP contribution in [0.2, 0.25) is 5.02 Å². The zero-order valence-corrected chi connectivity index (χ0v) is 17.8. The molecule has 0 saturated carbocycles. The van der Waals surface area contributed by atoms with Crippen molar-refractivity contribution >= 4 is 39.8 Å². The van der Waals surface area contributed by atoms with Gasteiger partial charge in [-0.15, -0.1) is 0 Å². The minimum atomic E-state index is -1.58. The summed E-state index contributed by atoms with van der Waals surface area (Å²) in [6, 6.07) is 2.92. The third-order valence-electron chi connectivity index (χ3n) is 4.74. The number of nitrogens with two attached hydrogens (primary N) is 1. The van der Waals surface area contributed by atoms with Crippen LogP contribution in [0.5, 0.6) is 0 Å². The largest absolute Gasteiger partial charge is 0.477 e. The van der Waals surface area contributed by atoms with E-state index in [0.717, 1.165) is 29.0 Å². The molecule has 0 amide bonds. The number of aromatic nitrogens is 1. The predicted molar refractivity (Wildman–Crippen MR) is 117 cm³/mol. The van der Waals surface area contributed by atoms with Crippen LogP contribution in [-0.4, -0.2) is 38.0 Å². The second-order valence-corrected chi connectivity index (χ2v) is 8.20. The van der Waals surface area contributed by atoms with Gasteiger partial charge < -0.3 is 30.9 Å². The van der Waals surface area contributed by atoms with Gasteiger partial charge in [-0.2, -0.15) is 0 Å². The van der Waals surface area contributed by atoms with E-state index in [-0.39, 0.29) is 45.1 Å². The van der Waals surface area contributed by atoms with Crippen LogP contribution in [0.4, 0.5) is 20.2 Å². The van der Waals surface area contributed by atoms with Gasteiger partial charge >= 0.3 is 5.97 Å². The number of hydrogen-bond acceptors (Lipinski definition) is 6. The van der Waals surface area contributed by atoms with Crippen LogP contribution in [0.3, 0.4) is 0 Å². The number of carboxylic acid groups (broad SMARTS) is 1. The first kappa shape index (κ1) is 23.5. The molecule has 0 aliphatic rings. The fourth-order valence-corrected chi connectivity index (χ4v) is 3.54. The van der Waals surface area contributed by atoms with Crippen LogP contribution in [0.1, 0.15) is 29.8 Å². The number of nitrogens with zero attached hydrogens (tertiary/aromatic N) is 1. The minimum absolute atomic E-state index is 0.0179. The van der Waals surface area contributed by atoms with Crippen LogP contribution in [0, 0.1) is 11.6 Å². The van der Waals surface area contributed by atoms with E-state index in [9.17, 15) is 33.7 Å². The van der Waals surface area contributed by atoms with Gasteiger partial charge in [-0.3, -0.25) is 4.79 Å². The zero-order valence-electron chi connectivity index (χ0n) is 17.0. The molecule has 6 N–H and O–H groups in total. The fourth-order valence-electron chi connectivity index (χ4n) is 3.19. The fraction of sp³-hybridized carbons (Fsp3) is 0.238. The number of nitrogens with one attached hydrogen (secondary N) is 1. The molecule has 32 heavy (non-hydrogen) atoms. The monoisotopic (exact) mass is 467 g/mol. The number of pyridine rings is 1. The molecule has 0 saturated heterocycles. The minimum Gasteiger partial charge on any atom is -0.477 e. The number of aliphatic hydroxyl groups is 2. The molecular formula is C21H20ClF2N3O5. The number of fused-ring (bicyclic) bond motifs is 1. The highest BCUT2D eigenvalue weighted by atomic mass is 35.5. The lowest BCUT2D eigenvalue weighted by molar-refractivity contribution is 0.0694. The van der Waals surface area contributed by atoms with Crippen LogP contribution < -0.4 is 16.5 Å². The number of aliphatic hydroxyl groups excluding tert-OH is 1. The molecule has 0 spiro atoms. The van der Waals surface area contributed by atoms with Crippen molar-refractivity contribution in [3.8, 4) is 5.69 Å². The summed E-state index contributed by atoms with van der Waals surface area (Å²) in [6.45, 7) is 2.22. The van der Waals surface area contributed by atoms with E-state index in [1.54, 1.807) is 0 Å². The number of rotatable bonds is 6. The molecule has 170 valence electrons. The molecule has 0 atom stereocenters. The molecule has 0 radical (unpaired) electrons. The lowest BCUT2D eigenvalue weighted by Crippen LogP contribution is -2.30. The number of halogens is 3. The average molecular weight is 468 g/mol. The van der Waals surface area contributed by atoms with Gasteiger partial charge in [0.25, 0.3) is 0 Å². The molecule has 3 aromatic rings. The maximum atomic E-state index is 14.8. The topological polar surface area (TPSA) is 138 Å². The molecule has 8 nitrogen and oxygen atoms in total. The van der Waals surface area contributed by atoms with Crippen molar-refractivity contribution in [2.75, 3.05) is 17.6 Å². The maximum Gasteiger partial charge on any atom is 0.341 e. The lowest BCUT2D eigenvalue weighted by atomic mass is 10.1. The SMILES string of the molecule is CC(C)(O)CNc1c(F)cc2c(=O)c(C(=O)O)cn(-c3cc(N)c(F)cc3CO)c2c1Cl. The first-order valence-corrected chi connectivity index (χ1v) is 9.69. The second kappa shape index (κ2) is 8.38. The molecule has 1 aromatic heterocycles. The maximum absolute atomic E-state index is 14.8. The summed E-state index contributed by atoms with van der Waals surface area (Å²) in [6.07, 6.45) is 0.947. The summed E-state index contributed by atoms with van der Waals surface area (Å²) in [4.78, 5) is 24.4. The van der Waals surface area contributed by atoms with E-state index in [0.29, 0.717) is 0 Å². The molecular weight excluding hydrogens is 448 g/mol. The van der Waals surface area contributed by atoms with Crippen molar-refractivity contribution in [2.24, 2.45) is 0 Å². The summed E-state index contributed by atoms with van der Waals surface area (Å²) < 4.78 is 29.9. The number of nitrogen functional groups attached to an aromatic ring is 1. The first-order valence-electron chi connectivity index (χ1n) is 9.31. The number of carbonyl (C=O) groups is 1. The number of hydrogen-bond donors (Lipinski definition) is 5. The van der Waals surface area contributed by atoms with Crippen molar-refractivity contribution in [1.29, 1.82) is 0 Å². The molecule has 11 heteroatoms. The Kier molecular flexibility index (Phi) is 6.14. The van der Waals surface area contributed by atoms with Crippen molar-refractivity contribution < 1.29 is 28.9 Å². The van der Waals surface area contributed by atoms with E-state index in [1.807, 2.05) is 0 Å². The molecule has 3 rings (SSSR count). The van der Waals surface area contributed by atoms with Gasteiger partial charge in [0.15, 0.2) is 0 Å². The highest BCUT2D eigenvalue weighted by Crippen LogP contribution is 2.35. The predicted octanol–water partition coefficient (Wildman–Crippen LogP) is 2.88. The van der Waals surface area contributed by atoms with Gasteiger partial charge in [0.05, 0.1) is 45.2 Å². The number of anilines is 2. The third-order valence-corrected chi connectivity index (χ3v) is 5.10. The average Bonchev–Trinajstić information content (AvgIpc) is 2.69. The Labute approximate surface area is 185 Å². The highest BCUT2D eigenvalue weighted by Gasteiger charge is 2.24. The number of benzene rings is 2. The quantitative estimate of drug-likeness (QED) is 0.351. The van der Waals surface area contributed by atoms with Gasteiger partial charge in [0.2, 0.25) is 5.43 Å². The first-order chi connectivity index (χ1) is 14.9. The van der Waals surface area contributed by atoms with E-state index >= 15 is 0 Å². The summed E-state index contributed by atoms with van der Waals surface area (Å²) in [5, 5.41) is 31.2. The van der Waals surface area contributed by atoms with Gasteiger partial charge in [-0.25, -0.2) is 13.6 Å². The zero-order chi connectivity index (χ0) is 24.0. The van der Waals surface area contributed by atoms with Crippen molar-refractivity contribution in [3.63, 3.8) is 0 Å². The van der Waals surface area contributed by atoms with Gasteiger partial charge in [-0.05, 0) is 32.0 Å². The highest BCUT2D eigenvalue weighted by molar-refractivity contribution is 6.38. The van der Waals surface area contributed by atoms with Gasteiger partial charge in [-0.1, -0.05) is 11.6 Å². The number of aromatic carboxylic acids is 1. The second-order valence-electron chi connectivity index (χ2n) is 7.82. The normalized spacial score (nSPS) is 11.7. The molecule has 0 bridgehead atoms. The molecule has 0 aliphatic carbocycles. The smallest absolute Gasteiger partial charge is 0.341 e. The molecule has 0 aliphatic heterocycles. The Morgan fingerprint density at radius 1 is 1.25 bits per heavy atom. The summed E-state index contributed by atoms with van der Waals surface area (Å²) in [5.41, 5.74) is 2.17. The van der Waals surface area contributed by atoms with Crippen molar-refractivity contribution in [3.05, 3.63) is 62.4 Å². The van der Waals surface area contributed by atoms with E-state index in [4.69, 9.17) is 17.3 Å². The Bertz CT molecular complexity index is 1300. The van der Waals surface area contributed by atoms with Crippen LogP contribution in [0.15, 0.2) is 29.2 Å². The molecule has 2 aromatic carbocycles.